The largest absolute Gasteiger partial charge is 0.491 e. The number of piperidine rings is 1. The molecule has 2 aliphatic rings. The van der Waals surface area contributed by atoms with Crippen molar-refractivity contribution in [2.45, 2.75) is 46.8 Å². The van der Waals surface area contributed by atoms with Crippen molar-refractivity contribution in [3.63, 3.8) is 0 Å². The van der Waals surface area contributed by atoms with E-state index >= 15 is 0 Å². The van der Waals surface area contributed by atoms with Crippen molar-refractivity contribution >= 4 is 30.9 Å². The number of hydrogen-bond donors (Lipinski definition) is 3. The molecule has 0 aliphatic carbocycles. The molecule has 5 rings (SSSR count). The van der Waals surface area contributed by atoms with E-state index in [1.54, 1.807) is 42.6 Å². The van der Waals surface area contributed by atoms with Crippen LogP contribution in [0, 0.1) is 0 Å². The molecular formula is C27H34N4O7S2. The van der Waals surface area contributed by atoms with E-state index in [1.165, 1.54) is 23.5 Å². The maximum Gasteiger partial charge on any atom is 0.243 e. The summed E-state index contributed by atoms with van der Waals surface area (Å²) in [7, 11) is -5.87. The molecule has 3 aromatic rings. The third-order valence-electron chi connectivity index (χ3n) is 7.52. The van der Waals surface area contributed by atoms with Crippen LogP contribution >= 0.6 is 0 Å². The fourth-order valence-electron chi connectivity index (χ4n) is 5.22. The quantitative estimate of drug-likeness (QED) is 0.319. The predicted octanol–water partition coefficient (Wildman–Crippen LogP) is 1.48. The van der Waals surface area contributed by atoms with Gasteiger partial charge in [-0.3, -0.25) is 4.98 Å². The number of aromatic nitrogens is 1. The van der Waals surface area contributed by atoms with Crippen LogP contribution in [-0.4, -0.2) is 88.9 Å². The summed E-state index contributed by atoms with van der Waals surface area (Å²) in [4.78, 5) is 4.61. The number of pyridine rings is 1. The highest BCUT2D eigenvalue weighted by atomic mass is 32.2. The van der Waals surface area contributed by atoms with E-state index in [1.807, 2.05) is 6.07 Å². The summed E-state index contributed by atoms with van der Waals surface area (Å²) in [5, 5.41) is 14.5. The van der Waals surface area contributed by atoms with Gasteiger partial charge in [0.05, 0.1) is 27.5 Å². The van der Waals surface area contributed by atoms with Crippen molar-refractivity contribution in [2.75, 3.05) is 39.9 Å². The predicted molar refractivity (Wildman–Crippen MR) is 149 cm³/mol. The molecular weight excluding hydrogens is 556 g/mol. The van der Waals surface area contributed by atoms with Crippen LogP contribution in [0.25, 0.3) is 10.9 Å². The van der Waals surface area contributed by atoms with Crippen molar-refractivity contribution in [3.8, 4) is 5.75 Å². The van der Waals surface area contributed by atoms with Crippen LogP contribution in [0.1, 0.15) is 19.3 Å². The number of nitrogens with one attached hydrogen (secondary N) is 2. The number of sulfonamides is 2. The molecule has 0 saturated carbocycles. The molecule has 2 saturated heterocycles. The highest BCUT2D eigenvalue weighted by Gasteiger charge is 2.44. The Hall–Kier alpha value is -2.65. The zero-order valence-electron chi connectivity index (χ0n) is 22.2. The van der Waals surface area contributed by atoms with Crippen molar-refractivity contribution in [1.29, 1.82) is 0 Å². The molecule has 13 heteroatoms. The molecule has 0 radical (unpaired) electrons. The van der Waals surface area contributed by atoms with E-state index in [9.17, 15) is 21.9 Å². The summed E-state index contributed by atoms with van der Waals surface area (Å²) >= 11 is 0. The Bertz CT molecular complexity index is 1560. The summed E-state index contributed by atoms with van der Waals surface area (Å²) in [6, 6.07) is 14.8. The van der Waals surface area contributed by atoms with Gasteiger partial charge in [0.15, 0.2) is 0 Å². The molecule has 0 bridgehead atoms. The smallest absolute Gasteiger partial charge is 0.243 e. The lowest BCUT2D eigenvalue weighted by Crippen LogP contribution is -2.47. The number of hydrogen-bond acceptors (Lipinski definition) is 9. The fraction of sp³-hybridized carbons (Fsp3) is 0.444. The van der Waals surface area contributed by atoms with Gasteiger partial charge in [-0.15, -0.1) is 0 Å². The first-order valence-electron chi connectivity index (χ1n) is 13.2. The van der Waals surface area contributed by atoms with E-state index in [0.717, 1.165) is 17.3 Å². The molecule has 216 valence electrons. The van der Waals surface area contributed by atoms with Crippen LogP contribution in [0.15, 0.2) is 70.6 Å². The lowest BCUT2D eigenvalue weighted by Gasteiger charge is -2.38. The lowest BCUT2D eigenvalue weighted by atomic mass is 9.88. The van der Waals surface area contributed by atoms with Gasteiger partial charge in [0, 0.05) is 43.3 Å². The number of benzene rings is 2. The third kappa shape index (κ3) is 6.30. The molecule has 1 aromatic heterocycles. The maximum absolute atomic E-state index is 13.3. The monoisotopic (exact) mass is 590 g/mol. The Balaban J connectivity index is 1.09. The third-order valence-corrected chi connectivity index (χ3v) is 10.8. The van der Waals surface area contributed by atoms with Crippen molar-refractivity contribution in [3.05, 3.63) is 60.8 Å². The summed E-state index contributed by atoms with van der Waals surface area (Å²) in [5.41, 5.74) is 0.361. The molecule has 2 fully saturated rings. The Kier molecular flexibility index (Phi) is 8.43. The maximum atomic E-state index is 13.3. The van der Waals surface area contributed by atoms with Gasteiger partial charge in [0.25, 0.3) is 0 Å². The van der Waals surface area contributed by atoms with Gasteiger partial charge < -0.3 is 19.9 Å². The summed E-state index contributed by atoms with van der Waals surface area (Å²) in [6.07, 6.45) is 2.78. The Morgan fingerprint density at radius 2 is 1.90 bits per heavy atom. The highest BCUT2D eigenvalue weighted by molar-refractivity contribution is 7.89. The van der Waals surface area contributed by atoms with Gasteiger partial charge in [0.1, 0.15) is 18.5 Å². The number of nitrogens with zero attached hydrogens (tertiary/aromatic N) is 2. The second-order valence-electron chi connectivity index (χ2n) is 10.2. The van der Waals surface area contributed by atoms with Crippen molar-refractivity contribution < 1.29 is 31.4 Å². The Morgan fingerprint density at radius 3 is 2.67 bits per heavy atom. The molecule has 0 amide bonds. The average molecular weight is 591 g/mol. The highest BCUT2D eigenvalue weighted by Crippen LogP contribution is 2.37. The van der Waals surface area contributed by atoms with E-state index < -0.39 is 31.8 Å². The first kappa shape index (κ1) is 28.9. The summed E-state index contributed by atoms with van der Waals surface area (Å²) in [5.74, 6) is 0.348. The molecule has 2 atom stereocenters. The average Bonchev–Trinajstić information content (AvgIpc) is 3.37. The lowest BCUT2D eigenvalue weighted by molar-refractivity contribution is -0.0312. The minimum atomic E-state index is -3.63. The zero-order valence-corrected chi connectivity index (χ0v) is 23.8. The molecule has 2 aliphatic heterocycles. The second-order valence-corrected chi connectivity index (χ2v) is 14.0. The standard InChI is InChI=1S/C27H34N4O7S2/c1-28-39(33,34)24-6-2-5-23(15-24)37-19-22(32)17-30-21-16-27(38-18-21)9-12-31(13-10-27)40(35,36)25-7-8-26-20(14-25)4-3-11-29-26/h2-8,11,14-15,21-22,28,30,32H,9-10,12-13,16-19H2,1H3/t21-,22?/m1/s1. The zero-order chi connectivity index (χ0) is 28.4. The van der Waals surface area contributed by atoms with E-state index in [2.05, 4.69) is 15.0 Å². The van der Waals surface area contributed by atoms with Crippen LogP contribution in [0.4, 0.5) is 0 Å². The number of ether oxygens (including phenoxy) is 2. The number of aliphatic hydroxyl groups is 1. The Morgan fingerprint density at radius 1 is 1.10 bits per heavy atom. The van der Waals surface area contributed by atoms with Gasteiger partial charge in [-0.2, -0.15) is 4.31 Å². The van der Waals surface area contributed by atoms with E-state index in [4.69, 9.17) is 9.47 Å². The van der Waals surface area contributed by atoms with Crippen LogP contribution in [0.5, 0.6) is 5.75 Å². The van der Waals surface area contributed by atoms with Gasteiger partial charge >= 0.3 is 0 Å². The van der Waals surface area contributed by atoms with Crippen molar-refractivity contribution in [1.82, 2.24) is 19.3 Å². The number of rotatable bonds is 10. The first-order valence-corrected chi connectivity index (χ1v) is 16.1. The Labute approximate surface area is 234 Å². The van der Waals surface area contributed by atoms with Crippen LogP contribution in [0.3, 0.4) is 0 Å². The van der Waals surface area contributed by atoms with Gasteiger partial charge in [-0.1, -0.05) is 12.1 Å². The molecule has 40 heavy (non-hydrogen) atoms. The van der Waals surface area contributed by atoms with Gasteiger partial charge in [0.2, 0.25) is 20.0 Å². The summed E-state index contributed by atoms with van der Waals surface area (Å²) < 4.78 is 66.1. The number of fused-ring (bicyclic) bond motifs is 1. The second kappa shape index (κ2) is 11.7. The topological polar surface area (TPSA) is 147 Å². The SMILES string of the molecule is CNS(=O)(=O)c1cccc(OCC(O)CN[C@H]2COC3(CCN(S(=O)(=O)c4ccc5ncccc5c4)CC3)C2)c1. The minimum absolute atomic E-state index is 0.00751. The first-order chi connectivity index (χ1) is 19.1. The molecule has 11 nitrogen and oxygen atoms in total. The molecule has 1 spiro atoms. The van der Waals surface area contributed by atoms with Crippen LogP contribution < -0.4 is 14.8 Å². The van der Waals surface area contributed by atoms with Gasteiger partial charge in [-0.05, 0) is 62.7 Å². The van der Waals surface area contributed by atoms with Crippen molar-refractivity contribution in [2.24, 2.45) is 0 Å². The number of aliphatic hydroxyl groups excluding tert-OH is 1. The minimum Gasteiger partial charge on any atom is -0.491 e. The fourth-order valence-corrected chi connectivity index (χ4v) is 7.47. The molecule has 3 heterocycles. The molecule has 2 aromatic carbocycles. The van der Waals surface area contributed by atoms with Crippen LogP contribution in [-0.2, 0) is 24.8 Å². The van der Waals surface area contributed by atoms with E-state index in [0.29, 0.717) is 38.3 Å². The van der Waals surface area contributed by atoms with E-state index in [-0.39, 0.29) is 29.0 Å². The summed E-state index contributed by atoms with van der Waals surface area (Å²) in [6.45, 7) is 1.49. The normalized spacial score (nSPS) is 20.6. The molecule has 1 unspecified atom stereocenters. The van der Waals surface area contributed by atoms with Gasteiger partial charge in [-0.25, -0.2) is 21.6 Å². The molecule has 3 N–H and O–H groups in total. The van der Waals surface area contributed by atoms with Crippen LogP contribution in [0.2, 0.25) is 0 Å².